The largest absolute Gasteiger partial charge is 0.465 e. The van der Waals surface area contributed by atoms with Gasteiger partial charge in [0.25, 0.3) is 5.69 Å². The van der Waals surface area contributed by atoms with E-state index in [-0.39, 0.29) is 23.6 Å². The molecule has 10 heteroatoms. The van der Waals surface area contributed by atoms with E-state index in [4.69, 9.17) is 4.74 Å². The van der Waals surface area contributed by atoms with Gasteiger partial charge in [-0.3, -0.25) is 14.9 Å². The van der Waals surface area contributed by atoms with Crippen molar-refractivity contribution >= 4 is 35.2 Å². The van der Waals surface area contributed by atoms with E-state index < -0.39 is 10.9 Å². The van der Waals surface area contributed by atoms with Gasteiger partial charge >= 0.3 is 5.97 Å². The maximum absolute atomic E-state index is 11.7. The minimum absolute atomic E-state index is 0.00575. The second kappa shape index (κ2) is 10.6. The number of nitro groups is 1. The van der Waals surface area contributed by atoms with Crippen LogP contribution in [-0.2, 0) is 9.53 Å². The summed E-state index contributed by atoms with van der Waals surface area (Å²) in [6, 6.07) is 8.02. The van der Waals surface area contributed by atoms with Crippen LogP contribution < -0.4 is 0 Å². The summed E-state index contributed by atoms with van der Waals surface area (Å²) >= 11 is 2.51. The molecule has 0 N–H and O–H groups in total. The van der Waals surface area contributed by atoms with Crippen LogP contribution in [0.5, 0.6) is 0 Å². The van der Waals surface area contributed by atoms with Crippen LogP contribution in [0.15, 0.2) is 34.4 Å². The van der Waals surface area contributed by atoms with Gasteiger partial charge in [-0.2, -0.15) is 5.26 Å². The van der Waals surface area contributed by atoms with Crippen LogP contribution in [0.25, 0.3) is 11.3 Å². The lowest BCUT2D eigenvalue weighted by Crippen LogP contribution is -2.08. The molecule has 0 spiro atoms. The van der Waals surface area contributed by atoms with Gasteiger partial charge in [0.15, 0.2) is 5.16 Å². The number of non-ortho nitro benzene ring substituents is 1. The summed E-state index contributed by atoms with van der Waals surface area (Å²) in [4.78, 5) is 31.2. The Bertz CT molecular complexity index is 915. The normalized spacial score (nSPS) is 10.3. The van der Waals surface area contributed by atoms with Crippen LogP contribution >= 0.6 is 23.5 Å². The maximum atomic E-state index is 11.7. The van der Waals surface area contributed by atoms with Crippen LogP contribution in [0.3, 0.4) is 0 Å². The number of thioether (sulfide) groups is 2. The summed E-state index contributed by atoms with van der Waals surface area (Å²) in [5.74, 6) is 0.378. The van der Waals surface area contributed by atoms with Crippen LogP contribution in [0.2, 0.25) is 0 Å². The molecule has 8 nitrogen and oxygen atoms in total. The number of esters is 1. The number of benzene rings is 1. The Morgan fingerprint density at radius 1 is 1.32 bits per heavy atom. The van der Waals surface area contributed by atoms with Gasteiger partial charge in [0, 0.05) is 23.4 Å². The summed E-state index contributed by atoms with van der Waals surface area (Å²) in [6.45, 7) is 4.01. The molecule has 0 unspecified atom stereocenters. The summed E-state index contributed by atoms with van der Waals surface area (Å²) in [6.07, 6.45) is 0.908. The molecule has 146 valence electrons. The fourth-order valence-corrected chi connectivity index (χ4v) is 3.72. The van der Waals surface area contributed by atoms with Crippen LogP contribution in [0.1, 0.15) is 25.8 Å². The number of nitriles is 1. The zero-order chi connectivity index (χ0) is 20.5. The van der Waals surface area contributed by atoms with Crippen molar-refractivity contribution in [3.8, 4) is 17.3 Å². The van der Waals surface area contributed by atoms with Gasteiger partial charge in [0.2, 0.25) is 0 Å². The Kier molecular flexibility index (Phi) is 8.22. The van der Waals surface area contributed by atoms with Gasteiger partial charge in [-0.25, -0.2) is 9.97 Å². The molecule has 0 radical (unpaired) electrons. The molecule has 0 bridgehead atoms. The molecule has 1 aromatic carbocycles. The van der Waals surface area contributed by atoms with Crippen LogP contribution in [-0.4, -0.2) is 39.0 Å². The third-order valence-electron chi connectivity index (χ3n) is 3.36. The number of carbonyl (C=O) groups is 1. The van der Waals surface area contributed by atoms with E-state index in [0.29, 0.717) is 21.4 Å². The van der Waals surface area contributed by atoms with Gasteiger partial charge in [0.05, 0.1) is 23.0 Å². The predicted molar refractivity (Wildman–Crippen MR) is 107 cm³/mol. The van der Waals surface area contributed by atoms with Crippen molar-refractivity contribution in [2.24, 2.45) is 0 Å². The fraction of sp³-hybridized carbons (Fsp3) is 0.333. The average Bonchev–Trinajstić information content (AvgIpc) is 2.70. The van der Waals surface area contributed by atoms with Gasteiger partial charge in [0.1, 0.15) is 16.7 Å². The van der Waals surface area contributed by atoms with Crippen molar-refractivity contribution in [1.29, 1.82) is 5.26 Å². The number of rotatable bonds is 9. The number of aromatic nitrogens is 2. The molecule has 2 rings (SSSR count). The topological polar surface area (TPSA) is 119 Å². The van der Waals surface area contributed by atoms with E-state index in [2.05, 4.69) is 16.0 Å². The highest BCUT2D eigenvalue weighted by Gasteiger charge is 2.19. The average molecular weight is 419 g/mol. The lowest BCUT2D eigenvalue weighted by molar-refractivity contribution is -0.384. The Hall–Kier alpha value is -2.64. The van der Waals surface area contributed by atoms with Gasteiger partial charge < -0.3 is 4.74 Å². The van der Waals surface area contributed by atoms with Crippen molar-refractivity contribution in [3.05, 3.63) is 39.9 Å². The van der Waals surface area contributed by atoms with Crippen molar-refractivity contribution < 1.29 is 14.5 Å². The molecule has 0 aliphatic carbocycles. The molecule has 0 aliphatic heterocycles. The third kappa shape index (κ3) is 5.68. The summed E-state index contributed by atoms with van der Waals surface area (Å²) in [5.41, 5.74) is 0.842. The zero-order valence-electron chi connectivity index (χ0n) is 15.4. The quantitative estimate of drug-likeness (QED) is 0.148. The molecule has 28 heavy (non-hydrogen) atoms. The fourth-order valence-electron chi connectivity index (χ4n) is 2.19. The molecular weight excluding hydrogens is 400 g/mol. The first-order valence-electron chi connectivity index (χ1n) is 8.48. The molecule has 1 heterocycles. The molecule has 0 fully saturated rings. The summed E-state index contributed by atoms with van der Waals surface area (Å²) in [5, 5.41) is 21.6. The van der Waals surface area contributed by atoms with Gasteiger partial charge in [-0.1, -0.05) is 42.6 Å². The number of nitrogens with zero attached hydrogens (tertiary/aromatic N) is 4. The second-order valence-electron chi connectivity index (χ2n) is 5.40. The van der Waals surface area contributed by atoms with E-state index in [9.17, 15) is 20.2 Å². The van der Waals surface area contributed by atoms with E-state index >= 15 is 0 Å². The standard InChI is InChI=1S/C18H18N4O4S2/c1-3-8-27-18-20-16(12-6-5-7-13(9-12)22(24)25)14(10-19)17(21-18)28-11-15(23)26-4-2/h5-7,9H,3-4,8,11H2,1-2H3. The van der Waals surface area contributed by atoms with Crippen molar-refractivity contribution in [2.45, 2.75) is 30.5 Å². The smallest absolute Gasteiger partial charge is 0.316 e. The highest BCUT2D eigenvalue weighted by molar-refractivity contribution is 8.00. The summed E-state index contributed by atoms with van der Waals surface area (Å²) in [7, 11) is 0. The van der Waals surface area contributed by atoms with Crippen molar-refractivity contribution in [3.63, 3.8) is 0 Å². The number of ether oxygens (including phenoxy) is 1. The van der Waals surface area contributed by atoms with Crippen LogP contribution in [0.4, 0.5) is 5.69 Å². The first-order chi connectivity index (χ1) is 13.5. The van der Waals surface area contributed by atoms with E-state index in [1.165, 1.54) is 23.9 Å². The molecule has 2 aromatic rings. The first-order valence-corrected chi connectivity index (χ1v) is 10.4. The molecule has 0 saturated carbocycles. The maximum Gasteiger partial charge on any atom is 0.316 e. The van der Waals surface area contributed by atoms with E-state index in [1.54, 1.807) is 19.1 Å². The zero-order valence-corrected chi connectivity index (χ0v) is 17.0. The molecule has 0 amide bonds. The van der Waals surface area contributed by atoms with Crippen molar-refractivity contribution in [2.75, 3.05) is 18.1 Å². The highest BCUT2D eigenvalue weighted by atomic mass is 32.2. The number of nitro benzene ring substituents is 1. The molecule has 1 aromatic heterocycles. The van der Waals surface area contributed by atoms with Gasteiger partial charge in [-0.05, 0) is 13.3 Å². The van der Waals surface area contributed by atoms with Crippen molar-refractivity contribution in [1.82, 2.24) is 9.97 Å². The number of carbonyl (C=O) groups excluding carboxylic acids is 1. The summed E-state index contributed by atoms with van der Waals surface area (Å²) < 4.78 is 4.92. The molecule has 0 aliphatic rings. The van der Waals surface area contributed by atoms with E-state index in [1.807, 2.05) is 6.92 Å². The molecule has 0 saturated heterocycles. The molecular formula is C18H18N4O4S2. The lowest BCUT2D eigenvalue weighted by atomic mass is 10.1. The monoisotopic (exact) mass is 418 g/mol. The van der Waals surface area contributed by atoms with Crippen LogP contribution in [0, 0.1) is 21.4 Å². The Labute approximate surface area is 170 Å². The third-order valence-corrected chi connectivity index (χ3v) is 5.37. The Balaban J connectivity index is 2.51. The first kappa shape index (κ1) is 21.7. The lowest BCUT2D eigenvalue weighted by Gasteiger charge is -2.10. The number of hydrogen-bond acceptors (Lipinski definition) is 9. The van der Waals surface area contributed by atoms with E-state index in [0.717, 1.165) is 23.9 Å². The highest BCUT2D eigenvalue weighted by Crippen LogP contribution is 2.32. The molecule has 0 atom stereocenters. The SMILES string of the molecule is CCCSc1nc(SCC(=O)OCC)c(C#N)c(-c2cccc([N+](=O)[O-])c2)n1. The predicted octanol–water partition coefficient (Wildman–Crippen LogP) is 4.08. The van der Waals surface area contributed by atoms with Gasteiger partial charge in [-0.15, -0.1) is 0 Å². The minimum atomic E-state index is -0.500. The second-order valence-corrected chi connectivity index (χ2v) is 7.42. The number of hydrogen-bond donors (Lipinski definition) is 0. The minimum Gasteiger partial charge on any atom is -0.465 e. The Morgan fingerprint density at radius 3 is 2.75 bits per heavy atom. The Morgan fingerprint density at radius 2 is 2.11 bits per heavy atom.